The summed E-state index contributed by atoms with van der Waals surface area (Å²) in [4.78, 5) is 31.0. The van der Waals surface area contributed by atoms with Crippen LogP contribution in [0.15, 0.2) is 47.8 Å². The zero-order valence-electron chi connectivity index (χ0n) is 15.6. The molecule has 0 radical (unpaired) electrons. The average Bonchev–Trinajstić information content (AvgIpc) is 3.36. The van der Waals surface area contributed by atoms with Crippen LogP contribution in [0, 0.1) is 6.92 Å². The van der Waals surface area contributed by atoms with Gasteiger partial charge < -0.3 is 14.8 Å². The Bertz CT molecular complexity index is 1030. The van der Waals surface area contributed by atoms with Crippen molar-refractivity contribution in [3.63, 3.8) is 0 Å². The fraction of sp³-hybridized carbons (Fsp3) is 0.316. The maximum atomic E-state index is 12.7. The number of hydrogen-bond donors (Lipinski definition) is 1. The number of carbonyl (C=O) groups is 1. The largest absolute Gasteiger partial charge is 0.350 e. The quantitative estimate of drug-likeness (QED) is 0.645. The van der Waals surface area contributed by atoms with Crippen molar-refractivity contribution in [2.75, 3.05) is 18.0 Å². The minimum absolute atomic E-state index is 0.169. The lowest BCUT2D eigenvalue weighted by atomic mass is 10.2. The van der Waals surface area contributed by atoms with Crippen LogP contribution in [0.3, 0.4) is 0 Å². The lowest BCUT2D eigenvalue weighted by molar-refractivity contribution is 0.0944. The second kappa shape index (κ2) is 7.63. The number of nitrogens with zero attached hydrogens (tertiary/aromatic N) is 6. The summed E-state index contributed by atoms with van der Waals surface area (Å²) < 4.78 is 3.43. The molecule has 144 valence electrons. The van der Waals surface area contributed by atoms with E-state index in [0.29, 0.717) is 25.6 Å². The Morgan fingerprint density at radius 1 is 1.18 bits per heavy atom. The number of nitrogens with one attached hydrogen (secondary N) is 1. The van der Waals surface area contributed by atoms with Gasteiger partial charge in [0.1, 0.15) is 0 Å². The molecule has 28 heavy (non-hydrogen) atoms. The molecular formula is C19H21N7O2. The third-order valence-corrected chi connectivity index (χ3v) is 4.72. The zero-order chi connectivity index (χ0) is 19.5. The summed E-state index contributed by atoms with van der Waals surface area (Å²) in [7, 11) is 0. The highest BCUT2D eigenvalue weighted by Gasteiger charge is 2.27. The van der Waals surface area contributed by atoms with E-state index < -0.39 is 11.5 Å². The van der Waals surface area contributed by atoms with Crippen molar-refractivity contribution >= 4 is 17.5 Å². The first kappa shape index (κ1) is 17.9. The van der Waals surface area contributed by atoms with Gasteiger partial charge in [0.2, 0.25) is 11.6 Å². The van der Waals surface area contributed by atoms with E-state index in [9.17, 15) is 9.59 Å². The third-order valence-electron chi connectivity index (χ3n) is 4.72. The highest BCUT2D eigenvalue weighted by atomic mass is 16.2. The van der Waals surface area contributed by atoms with Crippen LogP contribution in [-0.2, 0) is 13.1 Å². The Morgan fingerprint density at radius 3 is 2.75 bits per heavy atom. The first-order valence-corrected chi connectivity index (χ1v) is 9.19. The first-order valence-electron chi connectivity index (χ1n) is 9.19. The van der Waals surface area contributed by atoms with Gasteiger partial charge >= 0.3 is 0 Å². The lowest BCUT2D eigenvalue weighted by Gasteiger charge is -2.16. The molecule has 1 aliphatic heterocycles. The second-order valence-electron chi connectivity index (χ2n) is 6.70. The molecule has 1 aromatic carbocycles. The Kier molecular flexibility index (Phi) is 4.88. The van der Waals surface area contributed by atoms with Gasteiger partial charge in [0.25, 0.3) is 11.5 Å². The maximum absolute atomic E-state index is 12.7. The number of benzene rings is 1. The molecule has 3 heterocycles. The number of aryl methyl sites for hydroxylation is 2. The minimum Gasteiger partial charge on any atom is -0.350 e. The van der Waals surface area contributed by atoms with Crippen LogP contribution in [-0.4, -0.2) is 43.3 Å². The van der Waals surface area contributed by atoms with Crippen molar-refractivity contribution in [3.05, 3.63) is 64.6 Å². The molecule has 1 amide bonds. The molecule has 0 saturated carbocycles. The van der Waals surface area contributed by atoms with E-state index >= 15 is 0 Å². The van der Waals surface area contributed by atoms with Crippen molar-refractivity contribution in [2.24, 2.45) is 0 Å². The summed E-state index contributed by atoms with van der Waals surface area (Å²) in [5.41, 5.74) is 1.53. The summed E-state index contributed by atoms with van der Waals surface area (Å²) in [5, 5.41) is 10.8. The normalized spacial score (nSPS) is 12.8. The van der Waals surface area contributed by atoms with Gasteiger partial charge in [-0.15, -0.1) is 10.2 Å². The van der Waals surface area contributed by atoms with Crippen LogP contribution in [0.2, 0.25) is 0 Å². The van der Waals surface area contributed by atoms with Gasteiger partial charge in [-0.3, -0.25) is 14.2 Å². The fourth-order valence-corrected chi connectivity index (χ4v) is 3.19. The molecule has 0 saturated heterocycles. The first-order chi connectivity index (χ1) is 13.6. The monoisotopic (exact) mass is 379 g/mol. The third kappa shape index (κ3) is 3.51. The van der Waals surface area contributed by atoms with Crippen LogP contribution in [0.25, 0.3) is 0 Å². The summed E-state index contributed by atoms with van der Waals surface area (Å²) in [6, 6.07) is 7.99. The highest BCUT2D eigenvalue weighted by Crippen LogP contribution is 2.26. The van der Waals surface area contributed by atoms with Gasteiger partial charge in [0.05, 0.1) is 6.33 Å². The number of amides is 1. The van der Waals surface area contributed by atoms with E-state index in [0.717, 1.165) is 24.2 Å². The van der Waals surface area contributed by atoms with Gasteiger partial charge in [-0.25, -0.2) is 4.98 Å². The molecule has 0 bridgehead atoms. The Labute approximate surface area is 161 Å². The van der Waals surface area contributed by atoms with Crippen LogP contribution >= 0.6 is 0 Å². The summed E-state index contributed by atoms with van der Waals surface area (Å²) >= 11 is 0. The van der Waals surface area contributed by atoms with Gasteiger partial charge in [0.15, 0.2) is 0 Å². The van der Waals surface area contributed by atoms with E-state index in [1.165, 1.54) is 4.57 Å². The van der Waals surface area contributed by atoms with Crippen molar-refractivity contribution in [1.82, 2.24) is 29.6 Å². The van der Waals surface area contributed by atoms with Gasteiger partial charge in [0, 0.05) is 44.3 Å². The Morgan fingerprint density at radius 2 is 2.00 bits per heavy atom. The maximum Gasteiger partial charge on any atom is 0.286 e. The van der Waals surface area contributed by atoms with Crippen LogP contribution in [0.4, 0.5) is 11.6 Å². The fourth-order valence-electron chi connectivity index (χ4n) is 3.19. The van der Waals surface area contributed by atoms with Crippen LogP contribution < -0.4 is 15.8 Å². The Balaban J connectivity index is 1.44. The highest BCUT2D eigenvalue weighted by molar-refractivity contribution is 5.91. The van der Waals surface area contributed by atoms with Crippen molar-refractivity contribution in [3.8, 4) is 0 Å². The Hall–Kier alpha value is -3.49. The number of rotatable bonds is 6. The SMILES string of the molecule is Cc1ccc(N2CCn3c2nnc(C(=O)NCCCn2ccnc2)c3=O)cc1. The zero-order valence-corrected chi connectivity index (χ0v) is 15.6. The molecule has 0 atom stereocenters. The molecule has 0 fully saturated rings. The standard InChI is InChI=1S/C19H21N7O2/c1-14-3-5-15(6-4-14)25-11-12-26-18(28)16(22-23-19(25)26)17(27)21-7-2-9-24-10-8-20-13-24/h3-6,8,10,13H,2,7,9,11-12H2,1H3,(H,21,27). The molecule has 0 unspecified atom stereocenters. The predicted molar refractivity (Wildman–Crippen MR) is 104 cm³/mol. The number of aromatic nitrogens is 5. The molecule has 1 aliphatic rings. The molecular weight excluding hydrogens is 358 g/mol. The van der Waals surface area contributed by atoms with E-state index in [4.69, 9.17) is 0 Å². The summed E-state index contributed by atoms with van der Waals surface area (Å²) in [6.45, 7) is 4.28. The second-order valence-corrected chi connectivity index (χ2v) is 6.70. The van der Waals surface area contributed by atoms with Crippen molar-refractivity contribution < 1.29 is 4.79 Å². The van der Waals surface area contributed by atoms with Gasteiger partial charge in [-0.05, 0) is 25.5 Å². The molecule has 9 heteroatoms. The number of carbonyl (C=O) groups excluding carboxylic acids is 1. The number of anilines is 2. The van der Waals surface area contributed by atoms with Gasteiger partial charge in [-0.1, -0.05) is 17.7 Å². The molecule has 9 nitrogen and oxygen atoms in total. The van der Waals surface area contributed by atoms with Crippen LogP contribution in [0.1, 0.15) is 22.5 Å². The molecule has 0 spiro atoms. The summed E-state index contributed by atoms with van der Waals surface area (Å²) in [6.07, 6.45) is 6.02. The molecule has 2 aromatic heterocycles. The van der Waals surface area contributed by atoms with Gasteiger partial charge in [-0.2, -0.15) is 0 Å². The topological polar surface area (TPSA) is 97.9 Å². The van der Waals surface area contributed by atoms with E-state index in [1.807, 2.05) is 46.9 Å². The van der Waals surface area contributed by atoms with E-state index in [2.05, 4.69) is 20.5 Å². The number of fused-ring (bicyclic) bond motifs is 1. The smallest absolute Gasteiger partial charge is 0.286 e. The van der Waals surface area contributed by atoms with Crippen molar-refractivity contribution in [2.45, 2.75) is 26.4 Å². The van der Waals surface area contributed by atoms with E-state index in [1.54, 1.807) is 12.5 Å². The molecule has 1 N–H and O–H groups in total. The average molecular weight is 379 g/mol. The molecule has 4 rings (SSSR count). The molecule has 0 aliphatic carbocycles. The summed E-state index contributed by atoms with van der Waals surface area (Å²) in [5.74, 6) is -0.0299. The van der Waals surface area contributed by atoms with Crippen molar-refractivity contribution in [1.29, 1.82) is 0 Å². The number of hydrogen-bond acceptors (Lipinski definition) is 6. The van der Waals surface area contributed by atoms with E-state index in [-0.39, 0.29) is 5.69 Å². The number of imidazole rings is 1. The van der Waals surface area contributed by atoms with Crippen LogP contribution in [0.5, 0.6) is 0 Å². The molecule has 3 aromatic rings. The predicted octanol–water partition coefficient (Wildman–Crippen LogP) is 1.12. The minimum atomic E-state index is -0.493. The lowest BCUT2D eigenvalue weighted by Crippen LogP contribution is -2.35.